The third kappa shape index (κ3) is 3.93. The average Bonchev–Trinajstić information content (AvgIpc) is 2.80. The van der Waals surface area contributed by atoms with Crippen LogP contribution in [0.2, 0.25) is 0 Å². The number of amides is 2. The van der Waals surface area contributed by atoms with Crippen molar-refractivity contribution in [2.45, 2.75) is 38.4 Å². The zero-order valence-electron chi connectivity index (χ0n) is 14.5. The summed E-state index contributed by atoms with van der Waals surface area (Å²) in [6.07, 6.45) is 0.502. The zero-order chi connectivity index (χ0) is 17.5. The van der Waals surface area contributed by atoms with Gasteiger partial charge in [-0.2, -0.15) is 0 Å². The molecule has 0 aromatic heterocycles. The van der Waals surface area contributed by atoms with Crippen molar-refractivity contribution in [1.29, 1.82) is 0 Å². The van der Waals surface area contributed by atoms with Gasteiger partial charge in [0.1, 0.15) is 11.8 Å². The molecule has 2 aliphatic rings. The first-order chi connectivity index (χ1) is 11.3. The molecule has 25 heavy (non-hydrogen) atoms. The zero-order valence-corrected chi connectivity index (χ0v) is 17.6. The number of carboxylic acid groups (broad SMARTS) is 1. The molecule has 2 saturated heterocycles. The first kappa shape index (κ1) is 20.4. The van der Waals surface area contributed by atoms with Crippen LogP contribution in [0.15, 0.2) is 30.3 Å². The summed E-state index contributed by atoms with van der Waals surface area (Å²) in [6.45, 7) is 3.38. The molecule has 1 aromatic rings. The first-order valence-corrected chi connectivity index (χ1v) is 7.81. The summed E-state index contributed by atoms with van der Waals surface area (Å²) in [5.41, 5.74) is -0.584. The van der Waals surface area contributed by atoms with E-state index in [0.717, 1.165) is 0 Å². The van der Waals surface area contributed by atoms with E-state index in [9.17, 15) is 19.5 Å². The third-order valence-corrected chi connectivity index (χ3v) is 4.67. The molecule has 2 heterocycles. The van der Waals surface area contributed by atoms with Gasteiger partial charge in [-0.1, -0.05) is 32.0 Å². The van der Waals surface area contributed by atoms with Gasteiger partial charge < -0.3 is 24.9 Å². The summed E-state index contributed by atoms with van der Waals surface area (Å²) in [5, 5.41) is 14.0. The quantitative estimate of drug-likeness (QED) is 0.425. The summed E-state index contributed by atoms with van der Waals surface area (Å²) in [7, 11) is 0. The fourth-order valence-electron chi connectivity index (χ4n) is 3.60. The van der Waals surface area contributed by atoms with Gasteiger partial charge in [-0.05, 0) is 24.0 Å². The monoisotopic (exact) mass is 370 g/mol. The van der Waals surface area contributed by atoms with E-state index >= 15 is 0 Å². The maximum absolute atomic E-state index is 12.2. The molecule has 0 bridgehead atoms. The Hall–Kier alpha value is -0.934. The number of nitrogens with one attached hydrogen (secondary N) is 1. The fraction of sp³-hybridized carbons (Fsp3) is 0.471. The van der Waals surface area contributed by atoms with Crippen LogP contribution >= 0.6 is 0 Å². The molecule has 0 unspecified atom stereocenters. The Morgan fingerprint density at radius 1 is 1.32 bits per heavy atom. The SMILES string of the molecule is CC1(C)C[C@@H]2[C@H](NC(=O)COc3ccccc3)C(=O)N2[C@H]1C(=O)[O-].[K+]. The number of carbonyl (C=O) groups excluding carboxylic acids is 3. The Morgan fingerprint density at radius 2 is 1.96 bits per heavy atom. The van der Waals surface area contributed by atoms with Gasteiger partial charge >= 0.3 is 51.4 Å². The Bertz CT molecular complexity index is 679. The van der Waals surface area contributed by atoms with Crippen LogP contribution in [0.1, 0.15) is 20.3 Å². The molecule has 2 amide bonds. The fourth-order valence-corrected chi connectivity index (χ4v) is 3.60. The number of carbonyl (C=O) groups is 3. The molecular weight excluding hydrogens is 351 g/mol. The first-order valence-electron chi connectivity index (χ1n) is 7.81. The topological polar surface area (TPSA) is 98.8 Å². The van der Waals surface area contributed by atoms with Crippen LogP contribution in [0, 0.1) is 5.41 Å². The van der Waals surface area contributed by atoms with E-state index in [4.69, 9.17) is 4.74 Å². The molecule has 3 rings (SSSR count). The molecular formula is C17H19KN2O5. The predicted octanol–water partition coefficient (Wildman–Crippen LogP) is -3.69. The molecule has 1 N–H and O–H groups in total. The van der Waals surface area contributed by atoms with Gasteiger partial charge in [-0.15, -0.1) is 0 Å². The average molecular weight is 370 g/mol. The van der Waals surface area contributed by atoms with E-state index in [1.807, 2.05) is 6.07 Å². The Morgan fingerprint density at radius 3 is 2.56 bits per heavy atom. The van der Waals surface area contributed by atoms with Gasteiger partial charge in [-0.3, -0.25) is 9.59 Å². The number of ether oxygens (including phenoxy) is 1. The normalized spacial score (nSPS) is 26.1. The van der Waals surface area contributed by atoms with E-state index < -0.39 is 29.4 Å². The summed E-state index contributed by atoms with van der Waals surface area (Å²) in [6, 6.07) is 6.92. The van der Waals surface area contributed by atoms with Crippen LogP contribution in [0.5, 0.6) is 5.75 Å². The molecule has 3 atom stereocenters. The molecule has 0 spiro atoms. The number of nitrogens with zero attached hydrogens (tertiary/aromatic N) is 1. The van der Waals surface area contributed by atoms with E-state index in [1.165, 1.54) is 4.90 Å². The second-order valence-electron chi connectivity index (χ2n) is 6.87. The van der Waals surface area contributed by atoms with Gasteiger partial charge in [0, 0.05) is 0 Å². The van der Waals surface area contributed by atoms with Crippen LogP contribution in [0.25, 0.3) is 0 Å². The number of benzene rings is 1. The summed E-state index contributed by atoms with van der Waals surface area (Å²) in [4.78, 5) is 36.9. The van der Waals surface area contributed by atoms with Crippen LogP contribution in [-0.4, -0.2) is 47.4 Å². The number of carboxylic acids is 1. The van der Waals surface area contributed by atoms with Crippen molar-refractivity contribution >= 4 is 17.8 Å². The number of aliphatic carboxylic acids is 1. The van der Waals surface area contributed by atoms with Crippen LogP contribution in [0.4, 0.5) is 0 Å². The smallest absolute Gasteiger partial charge is 0.548 e. The molecule has 2 aliphatic heterocycles. The van der Waals surface area contributed by atoms with E-state index in [0.29, 0.717) is 12.2 Å². The van der Waals surface area contributed by atoms with E-state index in [-0.39, 0.29) is 69.9 Å². The van der Waals surface area contributed by atoms with Crippen molar-refractivity contribution < 1.29 is 75.6 Å². The predicted molar refractivity (Wildman–Crippen MR) is 81.7 cm³/mol. The number of hydrogen-bond donors (Lipinski definition) is 1. The summed E-state index contributed by atoms with van der Waals surface area (Å²) >= 11 is 0. The molecule has 2 fully saturated rings. The number of para-hydroxylation sites is 1. The Balaban J connectivity index is 0.00000225. The summed E-state index contributed by atoms with van der Waals surface area (Å²) in [5.74, 6) is -1.49. The van der Waals surface area contributed by atoms with Crippen molar-refractivity contribution in [3.05, 3.63) is 30.3 Å². The van der Waals surface area contributed by atoms with Gasteiger partial charge in [0.2, 0.25) is 5.91 Å². The number of hydrogen-bond acceptors (Lipinski definition) is 5. The maximum Gasteiger partial charge on any atom is 1.00 e. The molecule has 7 nitrogen and oxygen atoms in total. The Kier molecular flexibility index (Phi) is 6.32. The van der Waals surface area contributed by atoms with Gasteiger partial charge in [-0.25, -0.2) is 0 Å². The van der Waals surface area contributed by atoms with Crippen molar-refractivity contribution in [2.24, 2.45) is 5.41 Å². The maximum atomic E-state index is 12.2. The second-order valence-corrected chi connectivity index (χ2v) is 6.87. The van der Waals surface area contributed by atoms with Crippen LogP contribution < -0.4 is 66.5 Å². The molecule has 8 heteroatoms. The molecule has 128 valence electrons. The third-order valence-electron chi connectivity index (χ3n) is 4.67. The second kappa shape index (κ2) is 7.75. The largest absolute Gasteiger partial charge is 1.00 e. The van der Waals surface area contributed by atoms with E-state index in [2.05, 4.69) is 5.32 Å². The Labute approximate surface area is 188 Å². The number of β-lactam (4-membered cyclic amide) rings is 1. The van der Waals surface area contributed by atoms with Crippen molar-refractivity contribution in [2.75, 3.05) is 6.61 Å². The molecule has 0 radical (unpaired) electrons. The minimum absolute atomic E-state index is 0. The molecule has 0 aliphatic carbocycles. The van der Waals surface area contributed by atoms with Gasteiger partial charge in [0.15, 0.2) is 6.61 Å². The minimum Gasteiger partial charge on any atom is -0.548 e. The minimum atomic E-state index is -1.26. The van der Waals surface area contributed by atoms with Crippen LogP contribution in [0.3, 0.4) is 0 Å². The van der Waals surface area contributed by atoms with E-state index in [1.54, 1.807) is 38.1 Å². The summed E-state index contributed by atoms with van der Waals surface area (Å²) < 4.78 is 5.34. The number of fused-ring (bicyclic) bond motifs is 1. The van der Waals surface area contributed by atoms with Crippen molar-refractivity contribution in [3.8, 4) is 5.75 Å². The van der Waals surface area contributed by atoms with Crippen LogP contribution in [-0.2, 0) is 14.4 Å². The molecule has 0 saturated carbocycles. The van der Waals surface area contributed by atoms with Gasteiger partial charge in [0.05, 0.1) is 18.1 Å². The van der Waals surface area contributed by atoms with Crippen molar-refractivity contribution in [1.82, 2.24) is 10.2 Å². The molecule has 1 aromatic carbocycles. The van der Waals surface area contributed by atoms with Gasteiger partial charge in [0.25, 0.3) is 5.91 Å². The van der Waals surface area contributed by atoms with Crippen molar-refractivity contribution in [3.63, 3.8) is 0 Å². The number of rotatable bonds is 5. The standard InChI is InChI=1S/C17H20N2O5.K/c1-17(2)8-11-13(15(21)19(11)14(17)16(22)23)18-12(20)9-24-10-6-4-3-5-7-10;/h3-7,11,13-14H,8-9H2,1-2H3,(H,18,20)(H,22,23);/q;+1/p-1/t11-,13+,14+;/m1./s1.